The normalized spacial score (nSPS) is 20.2. The van der Waals surface area contributed by atoms with E-state index in [0.29, 0.717) is 12.3 Å². The lowest BCUT2D eigenvalue weighted by Gasteiger charge is -2.16. The van der Waals surface area contributed by atoms with Crippen molar-refractivity contribution in [3.05, 3.63) is 29.3 Å². The molecule has 1 aliphatic heterocycles. The molecule has 1 aliphatic rings. The number of aliphatic hydroxyl groups is 1. The van der Waals surface area contributed by atoms with Gasteiger partial charge in [0.15, 0.2) is 6.10 Å². The highest BCUT2D eigenvalue weighted by atomic mass is 16.6. The number of nitrogens with one attached hydrogen (secondary N) is 1. The van der Waals surface area contributed by atoms with Crippen LogP contribution in [0.15, 0.2) is 18.2 Å². The largest absolute Gasteiger partial charge is 0.489 e. The fourth-order valence-electron chi connectivity index (χ4n) is 1.82. The molecule has 1 saturated heterocycles. The molecule has 18 heavy (non-hydrogen) atoms. The number of carbonyl (C=O) groups excluding carboxylic acids is 1. The SMILES string of the molecule is Cc1ccc([C@H](C)O)c(OCC2CNC(=O)O2)c1. The minimum absolute atomic E-state index is 0.278. The van der Waals surface area contributed by atoms with Crippen LogP contribution in [0.25, 0.3) is 0 Å². The standard InChI is InChI=1S/C13H17NO4/c1-8-3-4-11(9(2)15)12(5-8)17-7-10-6-14-13(16)18-10/h3-5,9-10,15H,6-7H2,1-2H3,(H,14,16)/t9-,10?/m0/s1. The zero-order valence-electron chi connectivity index (χ0n) is 10.5. The zero-order valence-corrected chi connectivity index (χ0v) is 10.5. The molecule has 1 fully saturated rings. The molecule has 0 radical (unpaired) electrons. The van der Waals surface area contributed by atoms with Crippen LogP contribution in [0.3, 0.4) is 0 Å². The van der Waals surface area contributed by atoms with Gasteiger partial charge < -0.3 is 19.9 Å². The fourth-order valence-corrected chi connectivity index (χ4v) is 1.82. The van der Waals surface area contributed by atoms with E-state index in [1.165, 1.54) is 0 Å². The Labute approximate surface area is 106 Å². The molecule has 2 N–H and O–H groups in total. The van der Waals surface area contributed by atoms with Gasteiger partial charge in [-0.2, -0.15) is 0 Å². The van der Waals surface area contributed by atoms with Gasteiger partial charge in [0.25, 0.3) is 0 Å². The summed E-state index contributed by atoms with van der Waals surface area (Å²) in [5, 5.41) is 12.2. The van der Waals surface area contributed by atoms with E-state index in [4.69, 9.17) is 9.47 Å². The van der Waals surface area contributed by atoms with Crippen molar-refractivity contribution in [1.82, 2.24) is 5.32 Å². The fraction of sp³-hybridized carbons (Fsp3) is 0.462. The first-order valence-electron chi connectivity index (χ1n) is 5.92. The van der Waals surface area contributed by atoms with Gasteiger partial charge in [-0.25, -0.2) is 4.79 Å². The highest BCUT2D eigenvalue weighted by Crippen LogP contribution is 2.26. The number of aryl methyl sites for hydroxylation is 1. The van der Waals surface area contributed by atoms with Crippen LogP contribution < -0.4 is 10.1 Å². The number of benzene rings is 1. The summed E-state index contributed by atoms with van der Waals surface area (Å²) >= 11 is 0. The molecule has 0 saturated carbocycles. The van der Waals surface area contributed by atoms with Crippen molar-refractivity contribution in [3.63, 3.8) is 0 Å². The maximum atomic E-state index is 10.9. The van der Waals surface area contributed by atoms with E-state index in [2.05, 4.69) is 5.32 Å². The van der Waals surface area contributed by atoms with Gasteiger partial charge >= 0.3 is 6.09 Å². The second-order valence-corrected chi connectivity index (χ2v) is 4.44. The summed E-state index contributed by atoms with van der Waals surface area (Å²) in [6.07, 6.45) is -1.28. The summed E-state index contributed by atoms with van der Waals surface area (Å²) in [5.41, 5.74) is 1.79. The van der Waals surface area contributed by atoms with Crippen molar-refractivity contribution < 1.29 is 19.4 Å². The maximum absolute atomic E-state index is 10.9. The number of amides is 1. The third-order valence-corrected chi connectivity index (χ3v) is 2.79. The Kier molecular flexibility index (Phi) is 3.72. The molecule has 1 amide bonds. The molecule has 2 rings (SSSR count). The third-order valence-electron chi connectivity index (χ3n) is 2.79. The predicted octanol–water partition coefficient (Wildman–Crippen LogP) is 1.54. The predicted molar refractivity (Wildman–Crippen MR) is 65.6 cm³/mol. The van der Waals surface area contributed by atoms with Crippen LogP contribution in [0, 0.1) is 6.92 Å². The molecule has 1 heterocycles. The average molecular weight is 251 g/mol. The highest BCUT2D eigenvalue weighted by Gasteiger charge is 2.23. The van der Waals surface area contributed by atoms with E-state index in [9.17, 15) is 9.90 Å². The summed E-state index contributed by atoms with van der Waals surface area (Å²) < 4.78 is 10.6. The molecule has 0 aliphatic carbocycles. The smallest absolute Gasteiger partial charge is 0.407 e. The van der Waals surface area contributed by atoms with E-state index in [1.54, 1.807) is 6.92 Å². The number of alkyl carbamates (subject to hydrolysis) is 1. The van der Waals surface area contributed by atoms with E-state index in [1.807, 2.05) is 25.1 Å². The first-order valence-corrected chi connectivity index (χ1v) is 5.92. The summed E-state index contributed by atoms with van der Waals surface area (Å²) in [6, 6.07) is 5.63. The van der Waals surface area contributed by atoms with Crippen molar-refractivity contribution >= 4 is 6.09 Å². The van der Waals surface area contributed by atoms with E-state index < -0.39 is 12.2 Å². The Balaban J connectivity index is 2.03. The molecule has 1 unspecified atom stereocenters. The number of rotatable bonds is 4. The quantitative estimate of drug-likeness (QED) is 0.851. The molecule has 1 aromatic rings. The molecule has 0 bridgehead atoms. The molecule has 0 spiro atoms. The van der Waals surface area contributed by atoms with Gasteiger partial charge in [-0.3, -0.25) is 0 Å². The number of aliphatic hydroxyl groups excluding tert-OH is 1. The van der Waals surface area contributed by atoms with Crippen LogP contribution in [0.5, 0.6) is 5.75 Å². The number of carbonyl (C=O) groups is 1. The van der Waals surface area contributed by atoms with Gasteiger partial charge in [0, 0.05) is 5.56 Å². The second-order valence-electron chi connectivity index (χ2n) is 4.44. The monoisotopic (exact) mass is 251 g/mol. The zero-order chi connectivity index (χ0) is 13.1. The van der Waals surface area contributed by atoms with E-state index in [0.717, 1.165) is 11.1 Å². The minimum Gasteiger partial charge on any atom is -0.489 e. The van der Waals surface area contributed by atoms with Crippen LogP contribution in [-0.4, -0.2) is 30.5 Å². The van der Waals surface area contributed by atoms with Crippen LogP contribution in [-0.2, 0) is 4.74 Å². The first kappa shape index (κ1) is 12.7. The molecule has 2 atom stereocenters. The van der Waals surface area contributed by atoms with Crippen LogP contribution in [0.2, 0.25) is 0 Å². The van der Waals surface area contributed by atoms with Crippen molar-refractivity contribution in [1.29, 1.82) is 0 Å². The van der Waals surface area contributed by atoms with Gasteiger partial charge in [0.05, 0.1) is 12.6 Å². The lowest BCUT2D eigenvalue weighted by molar-refractivity contribution is 0.102. The Morgan fingerprint density at radius 1 is 1.61 bits per heavy atom. The summed E-state index contributed by atoms with van der Waals surface area (Å²) in [7, 11) is 0. The van der Waals surface area contributed by atoms with Crippen molar-refractivity contribution in [2.75, 3.05) is 13.2 Å². The maximum Gasteiger partial charge on any atom is 0.407 e. The van der Waals surface area contributed by atoms with Gasteiger partial charge in [0.2, 0.25) is 0 Å². The van der Waals surface area contributed by atoms with Gasteiger partial charge in [-0.05, 0) is 25.5 Å². The van der Waals surface area contributed by atoms with E-state index >= 15 is 0 Å². The number of hydrogen-bond donors (Lipinski definition) is 2. The average Bonchev–Trinajstić information content (AvgIpc) is 2.72. The van der Waals surface area contributed by atoms with Crippen molar-refractivity contribution in [3.8, 4) is 5.75 Å². The molecular formula is C13H17NO4. The molecule has 0 aromatic heterocycles. The van der Waals surface area contributed by atoms with Crippen molar-refractivity contribution in [2.45, 2.75) is 26.1 Å². The Hall–Kier alpha value is -1.75. The molecule has 5 heteroatoms. The Morgan fingerprint density at radius 2 is 2.39 bits per heavy atom. The van der Waals surface area contributed by atoms with E-state index in [-0.39, 0.29) is 12.7 Å². The second kappa shape index (κ2) is 5.27. The lowest BCUT2D eigenvalue weighted by Crippen LogP contribution is -2.22. The summed E-state index contributed by atoms with van der Waals surface area (Å²) in [4.78, 5) is 10.9. The van der Waals surface area contributed by atoms with Crippen LogP contribution >= 0.6 is 0 Å². The third kappa shape index (κ3) is 2.92. The molecule has 98 valence electrons. The first-order chi connectivity index (χ1) is 8.56. The topological polar surface area (TPSA) is 67.8 Å². The summed E-state index contributed by atoms with van der Waals surface area (Å²) in [5.74, 6) is 0.632. The minimum atomic E-state index is -0.593. The van der Waals surface area contributed by atoms with Gasteiger partial charge in [-0.1, -0.05) is 12.1 Å². The lowest BCUT2D eigenvalue weighted by atomic mass is 10.1. The number of hydrogen-bond acceptors (Lipinski definition) is 4. The van der Waals surface area contributed by atoms with Crippen LogP contribution in [0.1, 0.15) is 24.2 Å². The Morgan fingerprint density at radius 3 is 3.00 bits per heavy atom. The number of cyclic esters (lactones) is 1. The van der Waals surface area contributed by atoms with Gasteiger partial charge in [-0.15, -0.1) is 0 Å². The highest BCUT2D eigenvalue weighted by molar-refractivity contribution is 5.69. The summed E-state index contributed by atoms with van der Waals surface area (Å²) in [6.45, 7) is 4.38. The molecule has 1 aromatic carbocycles. The van der Waals surface area contributed by atoms with Crippen LogP contribution in [0.4, 0.5) is 4.79 Å². The molecular weight excluding hydrogens is 234 g/mol. The Bertz CT molecular complexity index is 445. The molecule has 5 nitrogen and oxygen atoms in total. The van der Waals surface area contributed by atoms with Gasteiger partial charge in [0.1, 0.15) is 12.4 Å². The van der Waals surface area contributed by atoms with Crippen molar-refractivity contribution in [2.24, 2.45) is 0 Å². The number of ether oxygens (including phenoxy) is 2.